The average Bonchev–Trinajstić information content (AvgIpc) is 2.77. The summed E-state index contributed by atoms with van der Waals surface area (Å²) in [7, 11) is -3.35. The quantitative estimate of drug-likeness (QED) is 0.801. The van der Waals surface area contributed by atoms with Crippen LogP contribution in [0.5, 0.6) is 0 Å². The molecule has 98 valence electrons. The average molecular weight is 294 g/mol. The Labute approximate surface area is 111 Å². The zero-order chi connectivity index (χ0) is 12.9. The highest BCUT2D eigenvalue weighted by Crippen LogP contribution is 2.19. The van der Waals surface area contributed by atoms with E-state index in [0.29, 0.717) is 22.5 Å². The van der Waals surface area contributed by atoms with Gasteiger partial charge in [-0.25, -0.2) is 13.1 Å². The minimum atomic E-state index is -3.35. The summed E-state index contributed by atoms with van der Waals surface area (Å²) in [4.78, 5) is 0. The van der Waals surface area contributed by atoms with Crippen LogP contribution in [0.2, 0.25) is 0 Å². The van der Waals surface area contributed by atoms with Crippen molar-refractivity contribution in [2.24, 2.45) is 5.73 Å². The molecule has 1 aromatic rings. The van der Waals surface area contributed by atoms with Gasteiger partial charge in [-0.3, -0.25) is 0 Å². The Morgan fingerprint density at radius 3 is 2.82 bits per heavy atom. The van der Waals surface area contributed by atoms with Gasteiger partial charge in [0.15, 0.2) is 0 Å². The lowest BCUT2D eigenvalue weighted by Crippen LogP contribution is -2.25. The maximum Gasteiger partial charge on any atom is 0.250 e. The molecule has 1 atom stereocenters. The normalized spacial score (nSPS) is 13.8. The Morgan fingerprint density at radius 1 is 1.59 bits per heavy atom. The molecule has 0 aliphatic carbocycles. The van der Waals surface area contributed by atoms with Gasteiger partial charge in [0.25, 0.3) is 0 Å². The smallest absolute Gasteiger partial charge is 0.250 e. The zero-order valence-electron chi connectivity index (χ0n) is 9.97. The number of hydrogen-bond donors (Lipinski definition) is 2. The summed E-state index contributed by atoms with van der Waals surface area (Å²) < 4.78 is 26.7. The molecule has 0 bridgehead atoms. The van der Waals surface area contributed by atoms with Gasteiger partial charge in [0.1, 0.15) is 4.21 Å². The maximum absolute atomic E-state index is 11.9. The molecule has 0 amide bonds. The molecule has 1 aromatic heterocycles. The number of sulfonamides is 1. The number of nitrogens with one attached hydrogen (secondary N) is 1. The van der Waals surface area contributed by atoms with E-state index in [2.05, 4.69) is 11.6 Å². The van der Waals surface area contributed by atoms with Gasteiger partial charge in [0, 0.05) is 18.3 Å². The molecular weight excluding hydrogens is 276 g/mol. The Bertz CT molecular complexity index is 442. The monoisotopic (exact) mass is 294 g/mol. The van der Waals surface area contributed by atoms with E-state index < -0.39 is 10.0 Å². The van der Waals surface area contributed by atoms with E-state index in [1.165, 1.54) is 11.3 Å². The van der Waals surface area contributed by atoms with Crippen molar-refractivity contribution in [1.29, 1.82) is 0 Å². The van der Waals surface area contributed by atoms with Crippen LogP contribution >= 0.6 is 23.1 Å². The summed E-state index contributed by atoms with van der Waals surface area (Å²) in [6, 6.07) is 1.63. The lowest BCUT2D eigenvalue weighted by Gasteiger charge is -2.08. The topological polar surface area (TPSA) is 72.2 Å². The second kappa shape index (κ2) is 6.75. The van der Waals surface area contributed by atoms with Crippen LogP contribution in [-0.2, 0) is 16.6 Å². The van der Waals surface area contributed by atoms with Gasteiger partial charge in [-0.05, 0) is 29.7 Å². The van der Waals surface area contributed by atoms with E-state index in [4.69, 9.17) is 5.73 Å². The van der Waals surface area contributed by atoms with E-state index in [0.717, 1.165) is 12.0 Å². The fraction of sp³-hybridized carbons (Fsp3) is 0.600. The maximum atomic E-state index is 11.9. The molecule has 0 aromatic carbocycles. The van der Waals surface area contributed by atoms with Crippen LogP contribution in [0.4, 0.5) is 0 Å². The molecule has 17 heavy (non-hydrogen) atoms. The molecule has 1 heterocycles. The van der Waals surface area contributed by atoms with Crippen LogP contribution in [0.1, 0.15) is 18.9 Å². The van der Waals surface area contributed by atoms with Crippen molar-refractivity contribution in [2.75, 3.05) is 12.8 Å². The Hall–Kier alpha value is -0.0800. The summed E-state index contributed by atoms with van der Waals surface area (Å²) in [5.41, 5.74) is 6.31. The van der Waals surface area contributed by atoms with Crippen LogP contribution in [0.25, 0.3) is 0 Å². The Balaban J connectivity index is 2.56. The van der Waals surface area contributed by atoms with Crippen molar-refractivity contribution in [1.82, 2.24) is 4.72 Å². The summed E-state index contributed by atoms with van der Waals surface area (Å²) in [6.45, 7) is 2.92. The van der Waals surface area contributed by atoms with E-state index in [1.54, 1.807) is 23.2 Å². The van der Waals surface area contributed by atoms with Crippen molar-refractivity contribution < 1.29 is 8.42 Å². The van der Waals surface area contributed by atoms with E-state index in [9.17, 15) is 8.42 Å². The Morgan fingerprint density at radius 2 is 2.29 bits per heavy atom. The van der Waals surface area contributed by atoms with Crippen molar-refractivity contribution in [3.8, 4) is 0 Å². The minimum absolute atomic E-state index is 0.342. The molecule has 3 N–H and O–H groups in total. The number of nitrogens with two attached hydrogens (primary N) is 1. The summed E-state index contributed by atoms with van der Waals surface area (Å²) in [6.07, 6.45) is 2.85. The van der Waals surface area contributed by atoms with Gasteiger partial charge < -0.3 is 5.73 Å². The second-order valence-corrected chi connectivity index (χ2v) is 7.89. The van der Waals surface area contributed by atoms with Crippen LogP contribution in [-0.4, -0.2) is 26.5 Å². The number of rotatable bonds is 7. The van der Waals surface area contributed by atoms with E-state index >= 15 is 0 Å². The standard InChI is InChI=1S/C10H18N2O2S3/c1-8(15-2)3-4-12-17(13,14)10-5-9(6-11)7-16-10/h5,7-8,12H,3-4,6,11H2,1-2H3. The molecule has 0 radical (unpaired) electrons. The third-order valence-corrected chi connectivity index (χ3v) is 6.37. The molecule has 1 unspecified atom stereocenters. The molecular formula is C10H18N2O2S3. The van der Waals surface area contributed by atoms with Gasteiger partial charge in [-0.1, -0.05) is 6.92 Å². The van der Waals surface area contributed by atoms with Gasteiger partial charge in [0.2, 0.25) is 10.0 Å². The van der Waals surface area contributed by atoms with Crippen LogP contribution in [0.15, 0.2) is 15.7 Å². The Kier molecular flexibility index (Phi) is 5.94. The van der Waals surface area contributed by atoms with Crippen molar-refractivity contribution >= 4 is 33.1 Å². The van der Waals surface area contributed by atoms with Gasteiger partial charge in [-0.2, -0.15) is 11.8 Å². The van der Waals surface area contributed by atoms with Crippen molar-refractivity contribution in [2.45, 2.75) is 29.3 Å². The number of thiophene rings is 1. The highest BCUT2D eigenvalue weighted by Gasteiger charge is 2.16. The third kappa shape index (κ3) is 4.59. The number of thioether (sulfide) groups is 1. The lowest BCUT2D eigenvalue weighted by molar-refractivity contribution is 0.581. The van der Waals surface area contributed by atoms with Crippen molar-refractivity contribution in [3.05, 3.63) is 17.0 Å². The highest BCUT2D eigenvalue weighted by molar-refractivity contribution is 7.99. The molecule has 0 aliphatic rings. The summed E-state index contributed by atoms with van der Waals surface area (Å²) >= 11 is 2.94. The predicted molar refractivity (Wildman–Crippen MR) is 75.0 cm³/mol. The zero-order valence-corrected chi connectivity index (χ0v) is 12.4. The first-order chi connectivity index (χ1) is 7.99. The van der Waals surface area contributed by atoms with Gasteiger partial charge in [-0.15, -0.1) is 11.3 Å². The molecule has 0 saturated heterocycles. The third-order valence-electron chi connectivity index (χ3n) is 2.38. The SMILES string of the molecule is CSC(C)CCNS(=O)(=O)c1cc(CN)cs1. The molecule has 0 spiro atoms. The van der Waals surface area contributed by atoms with Gasteiger partial charge in [0.05, 0.1) is 0 Å². The molecule has 0 fully saturated rings. The first-order valence-corrected chi connectivity index (χ1v) is 8.94. The summed E-state index contributed by atoms with van der Waals surface area (Å²) in [5, 5.41) is 2.24. The highest BCUT2D eigenvalue weighted by atomic mass is 32.2. The molecule has 0 aliphatic heterocycles. The van der Waals surface area contributed by atoms with Crippen LogP contribution in [0, 0.1) is 0 Å². The fourth-order valence-electron chi connectivity index (χ4n) is 1.19. The van der Waals surface area contributed by atoms with Gasteiger partial charge >= 0.3 is 0 Å². The molecule has 0 saturated carbocycles. The van der Waals surface area contributed by atoms with Crippen molar-refractivity contribution in [3.63, 3.8) is 0 Å². The molecule has 1 rings (SSSR count). The lowest BCUT2D eigenvalue weighted by atomic mass is 10.3. The minimum Gasteiger partial charge on any atom is -0.326 e. The first kappa shape index (κ1) is 15.0. The number of hydrogen-bond acceptors (Lipinski definition) is 5. The molecule has 4 nitrogen and oxygen atoms in total. The van der Waals surface area contributed by atoms with Crippen LogP contribution in [0.3, 0.4) is 0 Å². The summed E-state index contributed by atoms with van der Waals surface area (Å²) in [5.74, 6) is 0. The molecule has 7 heteroatoms. The van der Waals surface area contributed by atoms with E-state index in [-0.39, 0.29) is 0 Å². The van der Waals surface area contributed by atoms with Crippen LogP contribution < -0.4 is 10.5 Å². The fourth-order valence-corrected chi connectivity index (χ4v) is 3.85. The predicted octanol–water partition coefficient (Wildman–Crippen LogP) is 1.63. The van der Waals surface area contributed by atoms with E-state index in [1.807, 2.05) is 6.26 Å². The largest absolute Gasteiger partial charge is 0.326 e. The first-order valence-electron chi connectivity index (χ1n) is 5.29. The second-order valence-electron chi connectivity index (χ2n) is 3.71.